The Morgan fingerprint density at radius 1 is 0.971 bits per heavy atom. The van der Waals surface area contributed by atoms with Crippen LogP contribution in [-0.4, -0.2) is 39.3 Å². The largest absolute Gasteiger partial charge is 0.390 e. The van der Waals surface area contributed by atoms with Gasteiger partial charge in [0.05, 0.1) is 11.7 Å². The van der Waals surface area contributed by atoms with E-state index in [1.807, 2.05) is 13.8 Å². The number of allylic oxidation sites excluding steroid dienone is 2. The van der Waals surface area contributed by atoms with E-state index in [9.17, 15) is 24.6 Å². The summed E-state index contributed by atoms with van der Waals surface area (Å²) in [6.07, 6.45) is 4.24. The first-order chi connectivity index (χ1) is 15.9. The van der Waals surface area contributed by atoms with Crippen LogP contribution in [0.5, 0.6) is 0 Å². The van der Waals surface area contributed by atoms with Gasteiger partial charge in [-0.1, -0.05) is 41.5 Å². The van der Waals surface area contributed by atoms with Crippen LogP contribution < -0.4 is 0 Å². The molecule has 0 saturated heterocycles. The highest BCUT2D eigenvalue weighted by Gasteiger charge is 2.67. The van der Waals surface area contributed by atoms with Gasteiger partial charge in [0.15, 0.2) is 11.6 Å². The highest BCUT2D eigenvalue weighted by atomic mass is 16.3. The Kier molecular flexibility index (Phi) is 6.17. The fourth-order valence-electron chi connectivity index (χ4n) is 8.90. The fraction of sp³-hybridized carbons (Fsp3) is 0.833. The lowest BCUT2D eigenvalue weighted by Gasteiger charge is -2.59. The highest BCUT2D eigenvalue weighted by Crippen LogP contribution is 2.70. The van der Waals surface area contributed by atoms with E-state index in [0.717, 1.165) is 30.4 Å². The van der Waals surface area contributed by atoms with Crippen molar-refractivity contribution in [3.63, 3.8) is 0 Å². The maximum absolute atomic E-state index is 14.0. The summed E-state index contributed by atoms with van der Waals surface area (Å²) in [7, 11) is 0. The third-order valence-corrected chi connectivity index (χ3v) is 11.5. The maximum Gasteiger partial charge on any atom is 0.160 e. The Hall–Kier alpha value is -1.33. The Bertz CT molecular complexity index is 983. The van der Waals surface area contributed by atoms with Crippen LogP contribution in [0.4, 0.5) is 0 Å². The molecule has 2 fully saturated rings. The molecule has 35 heavy (non-hydrogen) atoms. The van der Waals surface area contributed by atoms with Gasteiger partial charge < -0.3 is 10.2 Å². The standard InChI is InChI=1S/C30H46O5/c1-17(9-10-23(34)27(4,5)35)18-11-14-29(7)25-19(31)15-21-26(2,3)22(33)12-13-28(21,6)24(25)20(32)16-30(18,29)8/h17-18,21,23,34-35H,9-16H2,1-8H3. The molecule has 0 spiro atoms. The SMILES string of the molecule is CC(CCC(O)C(C)(C)O)C1CCC2(C)C3=C(C(=O)CC12C)C1(C)CCC(=O)C(C)(C)C1CC3=O. The number of hydrogen-bond acceptors (Lipinski definition) is 5. The molecule has 4 aliphatic rings. The topological polar surface area (TPSA) is 91.7 Å². The van der Waals surface area contributed by atoms with Gasteiger partial charge in [0.1, 0.15) is 5.78 Å². The highest BCUT2D eigenvalue weighted by molar-refractivity contribution is 6.12. The fourth-order valence-corrected chi connectivity index (χ4v) is 8.90. The van der Waals surface area contributed by atoms with Gasteiger partial charge in [-0.05, 0) is 69.1 Å². The number of rotatable bonds is 5. The van der Waals surface area contributed by atoms with Crippen molar-refractivity contribution < 1.29 is 24.6 Å². The number of carbonyl (C=O) groups is 3. The minimum absolute atomic E-state index is 0.0813. The predicted octanol–water partition coefficient (Wildman–Crippen LogP) is 5.21. The zero-order chi connectivity index (χ0) is 26.4. The van der Waals surface area contributed by atoms with Crippen molar-refractivity contribution in [1.29, 1.82) is 0 Å². The molecular formula is C30H46O5. The molecule has 0 heterocycles. The van der Waals surface area contributed by atoms with Crippen molar-refractivity contribution in [2.24, 2.45) is 39.4 Å². The van der Waals surface area contributed by atoms with Crippen LogP contribution in [0.25, 0.3) is 0 Å². The average molecular weight is 487 g/mol. The zero-order valence-electron chi connectivity index (χ0n) is 23.1. The van der Waals surface area contributed by atoms with Crippen LogP contribution in [0.1, 0.15) is 107 Å². The normalized spacial score (nSPS) is 40.8. The molecule has 0 bridgehead atoms. The molecule has 0 aromatic heterocycles. The first-order valence-corrected chi connectivity index (χ1v) is 13.7. The van der Waals surface area contributed by atoms with Gasteiger partial charge in [-0.2, -0.15) is 0 Å². The minimum atomic E-state index is -1.13. The van der Waals surface area contributed by atoms with Gasteiger partial charge in [-0.25, -0.2) is 0 Å². The smallest absolute Gasteiger partial charge is 0.160 e. The summed E-state index contributed by atoms with van der Waals surface area (Å²) in [6, 6.07) is 0. The number of aliphatic hydroxyl groups is 2. The molecule has 2 saturated carbocycles. The molecule has 5 heteroatoms. The number of ketones is 3. The number of Topliss-reactive ketones (excluding diaryl/α,β-unsaturated/α-hetero) is 3. The molecule has 196 valence electrons. The lowest BCUT2D eigenvalue weighted by atomic mass is 9.43. The van der Waals surface area contributed by atoms with Crippen molar-refractivity contribution in [2.45, 2.75) is 118 Å². The van der Waals surface area contributed by atoms with E-state index in [2.05, 4.69) is 27.7 Å². The summed E-state index contributed by atoms with van der Waals surface area (Å²) in [5.41, 5.74) is -1.30. The molecule has 0 radical (unpaired) electrons. The summed E-state index contributed by atoms with van der Waals surface area (Å²) in [4.78, 5) is 40.7. The first kappa shape index (κ1) is 26.7. The van der Waals surface area contributed by atoms with Crippen molar-refractivity contribution >= 4 is 17.3 Å². The van der Waals surface area contributed by atoms with E-state index < -0.39 is 22.5 Å². The molecule has 4 aliphatic carbocycles. The monoisotopic (exact) mass is 486 g/mol. The molecule has 7 atom stereocenters. The summed E-state index contributed by atoms with van der Waals surface area (Å²) in [5.74, 6) is 0.807. The van der Waals surface area contributed by atoms with Crippen LogP contribution in [0.15, 0.2) is 11.1 Å². The summed E-state index contributed by atoms with van der Waals surface area (Å²) < 4.78 is 0. The molecule has 0 aromatic rings. The Balaban J connectivity index is 1.72. The van der Waals surface area contributed by atoms with E-state index in [1.54, 1.807) is 13.8 Å². The van der Waals surface area contributed by atoms with E-state index in [-0.39, 0.29) is 45.9 Å². The van der Waals surface area contributed by atoms with Gasteiger partial charge in [-0.3, -0.25) is 14.4 Å². The van der Waals surface area contributed by atoms with Gasteiger partial charge in [-0.15, -0.1) is 0 Å². The van der Waals surface area contributed by atoms with Gasteiger partial charge >= 0.3 is 0 Å². The maximum atomic E-state index is 14.0. The number of carbonyl (C=O) groups excluding carboxylic acids is 3. The summed E-state index contributed by atoms with van der Waals surface area (Å²) >= 11 is 0. The quantitative estimate of drug-likeness (QED) is 0.556. The molecule has 2 N–H and O–H groups in total. The summed E-state index contributed by atoms with van der Waals surface area (Å²) in [5, 5.41) is 20.5. The van der Waals surface area contributed by atoms with Crippen molar-refractivity contribution in [2.75, 3.05) is 0 Å². The Morgan fingerprint density at radius 2 is 1.60 bits per heavy atom. The second kappa shape index (κ2) is 8.08. The Morgan fingerprint density at radius 3 is 2.20 bits per heavy atom. The predicted molar refractivity (Wildman–Crippen MR) is 136 cm³/mol. The molecule has 4 rings (SSSR count). The number of aliphatic hydroxyl groups excluding tert-OH is 1. The van der Waals surface area contributed by atoms with E-state index in [4.69, 9.17) is 0 Å². The first-order valence-electron chi connectivity index (χ1n) is 13.7. The van der Waals surface area contributed by atoms with Crippen LogP contribution in [0.2, 0.25) is 0 Å². The van der Waals surface area contributed by atoms with Crippen molar-refractivity contribution in [1.82, 2.24) is 0 Å². The molecule has 0 aliphatic heterocycles. The van der Waals surface area contributed by atoms with Crippen LogP contribution in [0, 0.1) is 39.4 Å². The van der Waals surface area contributed by atoms with Crippen LogP contribution in [0.3, 0.4) is 0 Å². The second-order valence-corrected chi connectivity index (χ2v) is 14.2. The van der Waals surface area contributed by atoms with Crippen LogP contribution >= 0.6 is 0 Å². The lowest BCUT2D eigenvalue weighted by molar-refractivity contribution is -0.146. The van der Waals surface area contributed by atoms with Crippen LogP contribution in [-0.2, 0) is 14.4 Å². The molecule has 0 amide bonds. The molecule has 0 aromatic carbocycles. The minimum Gasteiger partial charge on any atom is -0.390 e. The van der Waals surface area contributed by atoms with Crippen molar-refractivity contribution in [3.05, 3.63) is 11.1 Å². The van der Waals surface area contributed by atoms with Gasteiger partial charge in [0, 0.05) is 46.7 Å². The number of fused-ring (bicyclic) bond motifs is 4. The van der Waals surface area contributed by atoms with Gasteiger partial charge in [0.2, 0.25) is 0 Å². The second-order valence-electron chi connectivity index (χ2n) is 14.2. The number of hydrogen-bond donors (Lipinski definition) is 2. The zero-order valence-corrected chi connectivity index (χ0v) is 23.1. The molecular weight excluding hydrogens is 440 g/mol. The molecule has 7 unspecified atom stereocenters. The van der Waals surface area contributed by atoms with E-state index >= 15 is 0 Å². The third kappa shape index (κ3) is 3.66. The average Bonchev–Trinajstić information content (AvgIpc) is 3.01. The van der Waals surface area contributed by atoms with E-state index in [1.165, 1.54) is 0 Å². The summed E-state index contributed by atoms with van der Waals surface area (Å²) in [6.45, 7) is 16.0. The lowest BCUT2D eigenvalue weighted by Crippen LogP contribution is -2.58. The van der Waals surface area contributed by atoms with E-state index in [0.29, 0.717) is 32.1 Å². The Labute approximate surface area is 211 Å². The van der Waals surface area contributed by atoms with Gasteiger partial charge in [0.25, 0.3) is 0 Å². The molecule has 5 nitrogen and oxygen atoms in total. The van der Waals surface area contributed by atoms with Crippen molar-refractivity contribution in [3.8, 4) is 0 Å². The third-order valence-electron chi connectivity index (χ3n) is 11.5.